The Bertz CT molecular complexity index is 501. The summed E-state index contributed by atoms with van der Waals surface area (Å²) in [7, 11) is 0.983. The highest BCUT2D eigenvalue weighted by Crippen LogP contribution is 2.35. The Labute approximate surface area is 95.4 Å². The minimum atomic E-state index is -4.78. The molecule has 17 heavy (non-hydrogen) atoms. The smallest absolute Gasteiger partial charge is 0.418 e. The zero-order valence-corrected chi connectivity index (χ0v) is 9.05. The fraction of sp³-hybridized carbons (Fsp3) is 0.273. The lowest BCUT2D eigenvalue weighted by atomic mass is 9.98. The highest BCUT2D eigenvalue weighted by atomic mass is 19.4. The van der Waals surface area contributed by atoms with E-state index in [1.165, 1.54) is 13.0 Å². The van der Waals surface area contributed by atoms with E-state index in [4.69, 9.17) is 5.26 Å². The van der Waals surface area contributed by atoms with Gasteiger partial charge in [-0.05, 0) is 24.6 Å². The predicted octanol–water partition coefficient (Wildman–Crippen LogP) is 2.67. The zero-order valence-electron chi connectivity index (χ0n) is 9.05. The Morgan fingerprint density at radius 3 is 2.41 bits per heavy atom. The first kappa shape index (κ1) is 13.0. The molecule has 3 nitrogen and oxygen atoms in total. The van der Waals surface area contributed by atoms with E-state index in [1.54, 1.807) is 0 Å². The second-order valence-corrected chi connectivity index (χ2v) is 3.34. The molecule has 0 heterocycles. The van der Waals surface area contributed by atoms with Gasteiger partial charge in [0.25, 0.3) is 0 Å². The lowest BCUT2D eigenvalue weighted by Crippen LogP contribution is -2.16. The van der Waals surface area contributed by atoms with Crippen molar-refractivity contribution >= 4 is 5.97 Å². The fourth-order valence-electron chi connectivity index (χ4n) is 1.45. The first-order valence-electron chi connectivity index (χ1n) is 4.51. The normalized spacial score (nSPS) is 10.8. The Kier molecular flexibility index (Phi) is 3.42. The van der Waals surface area contributed by atoms with Crippen molar-refractivity contribution in [3.8, 4) is 6.07 Å². The number of carbonyl (C=O) groups excluding carboxylic acids is 1. The van der Waals surface area contributed by atoms with Crippen LogP contribution >= 0.6 is 0 Å². The molecule has 0 spiro atoms. The topological polar surface area (TPSA) is 50.1 Å². The zero-order chi connectivity index (χ0) is 13.2. The third-order valence-electron chi connectivity index (χ3n) is 2.09. The van der Waals surface area contributed by atoms with Crippen molar-refractivity contribution in [3.63, 3.8) is 0 Å². The molecule has 0 aliphatic rings. The maximum Gasteiger partial charge on any atom is 0.418 e. The average molecular weight is 243 g/mol. The molecule has 0 unspecified atom stereocenters. The summed E-state index contributed by atoms with van der Waals surface area (Å²) >= 11 is 0. The molecule has 0 aliphatic heterocycles. The number of hydrogen-bond acceptors (Lipinski definition) is 3. The lowest BCUT2D eigenvalue weighted by molar-refractivity contribution is -0.138. The molecular weight excluding hydrogens is 235 g/mol. The number of ether oxygens (including phenoxy) is 1. The molecule has 0 N–H and O–H groups in total. The molecule has 6 heteroatoms. The first-order valence-corrected chi connectivity index (χ1v) is 4.51. The summed E-state index contributed by atoms with van der Waals surface area (Å²) in [5, 5.41) is 8.68. The van der Waals surface area contributed by atoms with E-state index in [0.717, 1.165) is 19.2 Å². The van der Waals surface area contributed by atoms with Crippen LogP contribution in [0.1, 0.15) is 27.0 Å². The second-order valence-electron chi connectivity index (χ2n) is 3.34. The Balaban J connectivity index is 3.63. The van der Waals surface area contributed by atoms with Crippen molar-refractivity contribution in [3.05, 3.63) is 34.4 Å². The van der Waals surface area contributed by atoms with Gasteiger partial charge in [-0.3, -0.25) is 0 Å². The summed E-state index contributed by atoms with van der Waals surface area (Å²) in [4.78, 5) is 11.3. The molecule has 0 saturated carbocycles. The van der Waals surface area contributed by atoms with Crippen LogP contribution in [0, 0.1) is 18.3 Å². The van der Waals surface area contributed by atoms with E-state index in [9.17, 15) is 18.0 Å². The Morgan fingerprint density at radius 1 is 1.41 bits per heavy atom. The average Bonchev–Trinajstić information content (AvgIpc) is 2.24. The van der Waals surface area contributed by atoms with Crippen LogP contribution < -0.4 is 0 Å². The van der Waals surface area contributed by atoms with Gasteiger partial charge in [0.15, 0.2) is 0 Å². The minimum absolute atomic E-state index is 0.384. The van der Waals surface area contributed by atoms with Crippen LogP contribution in [0.5, 0.6) is 0 Å². The number of esters is 1. The number of carbonyl (C=O) groups is 1. The molecule has 0 bridgehead atoms. The minimum Gasteiger partial charge on any atom is -0.465 e. The summed E-state index contributed by atoms with van der Waals surface area (Å²) in [5.41, 5.74) is -2.10. The molecular formula is C11H8F3NO2. The Hall–Kier alpha value is -2.03. The largest absolute Gasteiger partial charge is 0.465 e. The van der Waals surface area contributed by atoms with Crippen LogP contribution in [0.4, 0.5) is 13.2 Å². The first-order chi connectivity index (χ1) is 7.81. The van der Waals surface area contributed by atoms with Crippen LogP contribution in [0.2, 0.25) is 0 Å². The molecule has 90 valence electrons. The predicted molar refractivity (Wildman–Crippen MR) is 52.2 cm³/mol. The van der Waals surface area contributed by atoms with Crippen molar-refractivity contribution in [2.75, 3.05) is 7.11 Å². The van der Waals surface area contributed by atoms with Gasteiger partial charge in [-0.2, -0.15) is 18.4 Å². The standard InChI is InChI=1S/C11H8F3NO2/c1-6-3-7(5-15)9(11(12,13)14)8(4-6)10(16)17-2/h3-4H,1-2H3. The summed E-state index contributed by atoms with van der Waals surface area (Å²) in [5.74, 6) is -1.11. The summed E-state index contributed by atoms with van der Waals surface area (Å²) in [6, 6.07) is 3.56. The lowest BCUT2D eigenvalue weighted by Gasteiger charge is -2.13. The fourth-order valence-corrected chi connectivity index (χ4v) is 1.45. The molecule has 0 aromatic heterocycles. The molecule has 0 atom stereocenters. The molecule has 0 saturated heterocycles. The number of halogens is 3. The van der Waals surface area contributed by atoms with Crippen molar-refractivity contribution in [2.45, 2.75) is 13.1 Å². The number of nitrogens with zero attached hydrogens (tertiary/aromatic N) is 1. The maximum absolute atomic E-state index is 12.8. The third-order valence-corrected chi connectivity index (χ3v) is 2.09. The van der Waals surface area contributed by atoms with Crippen molar-refractivity contribution in [1.82, 2.24) is 0 Å². The third kappa shape index (κ3) is 2.56. The quantitative estimate of drug-likeness (QED) is 0.712. The molecule has 0 amide bonds. The van der Waals surface area contributed by atoms with Gasteiger partial charge in [-0.15, -0.1) is 0 Å². The van der Waals surface area contributed by atoms with Crippen molar-refractivity contribution in [2.24, 2.45) is 0 Å². The SMILES string of the molecule is COC(=O)c1cc(C)cc(C#N)c1C(F)(F)F. The van der Waals surface area contributed by atoms with E-state index in [1.807, 2.05) is 0 Å². The molecule has 1 aromatic rings. The van der Waals surface area contributed by atoms with Crippen LogP contribution in [0.25, 0.3) is 0 Å². The van der Waals surface area contributed by atoms with E-state index < -0.39 is 28.8 Å². The molecule has 1 rings (SSSR count). The van der Waals surface area contributed by atoms with E-state index in [-0.39, 0.29) is 0 Å². The summed E-state index contributed by atoms with van der Waals surface area (Å²) in [6.07, 6.45) is -4.78. The number of benzene rings is 1. The molecule has 0 fully saturated rings. The van der Waals surface area contributed by atoms with Gasteiger partial charge in [0, 0.05) is 0 Å². The van der Waals surface area contributed by atoms with Crippen molar-refractivity contribution < 1.29 is 22.7 Å². The van der Waals surface area contributed by atoms with Gasteiger partial charge in [-0.1, -0.05) is 0 Å². The number of hydrogen-bond donors (Lipinski definition) is 0. The van der Waals surface area contributed by atoms with Gasteiger partial charge in [0.1, 0.15) is 0 Å². The van der Waals surface area contributed by atoms with E-state index in [2.05, 4.69) is 4.74 Å². The molecule has 0 radical (unpaired) electrons. The molecule has 0 aliphatic carbocycles. The maximum atomic E-state index is 12.8. The van der Waals surface area contributed by atoms with E-state index in [0.29, 0.717) is 5.56 Å². The van der Waals surface area contributed by atoms with Gasteiger partial charge < -0.3 is 4.74 Å². The summed E-state index contributed by atoms with van der Waals surface area (Å²) in [6.45, 7) is 1.49. The Morgan fingerprint density at radius 2 is 2.00 bits per heavy atom. The van der Waals surface area contributed by atoms with Crippen LogP contribution in [0.15, 0.2) is 12.1 Å². The van der Waals surface area contributed by atoms with Gasteiger partial charge in [-0.25, -0.2) is 4.79 Å². The van der Waals surface area contributed by atoms with Crippen molar-refractivity contribution in [1.29, 1.82) is 5.26 Å². The number of rotatable bonds is 1. The second kappa shape index (κ2) is 4.45. The number of alkyl halides is 3. The van der Waals surface area contributed by atoms with Crippen LogP contribution in [-0.2, 0) is 10.9 Å². The number of nitriles is 1. The van der Waals surface area contributed by atoms with Crippen LogP contribution in [0.3, 0.4) is 0 Å². The van der Waals surface area contributed by atoms with Crippen LogP contribution in [-0.4, -0.2) is 13.1 Å². The van der Waals surface area contributed by atoms with Gasteiger partial charge >= 0.3 is 12.1 Å². The molecule has 1 aromatic carbocycles. The monoisotopic (exact) mass is 243 g/mol. The number of aryl methyl sites for hydroxylation is 1. The number of methoxy groups -OCH3 is 1. The van der Waals surface area contributed by atoms with Gasteiger partial charge in [0.05, 0.1) is 29.9 Å². The van der Waals surface area contributed by atoms with E-state index >= 15 is 0 Å². The van der Waals surface area contributed by atoms with Gasteiger partial charge in [0.2, 0.25) is 0 Å². The highest BCUT2D eigenvalue weighted by molar-refractivity contribution is 5.92. The summed E-state index contributed by atoms with van der Waals surface area (Å²) < 4.78 is 42.6. The highest BCUT2D eigenvalue weighted by Gasteiger charge is 2.38.